The molecule has 5 heteroatoms. The lowest BCUT2D eigenvalue weighted by Gasteiger charge is -2.57. The van der Waals surface area contributed by atoms with Gasteiger partial charge >= 0.3 is 5.97 Å². The molecule has 0 N–H and O–H groups in total. The molecule has 0 heterocycles. The first-order chi connectivity index (χ1) is 17.4. The number of rotatable bonds is 8. The Hall–Kier alpha value is -2.81. The van der Waals surface area contributed by atoms with Crippen LogP contribution in [0.2, 0.25) is 0 Å². The lowest BCUT2D eigenvalue weighted by Crippen LogP contribution is -2.48. The van der Waals surface area contributed by atoms with Crippen molar-refractivity contribution in [3.05, 3.63) is 65.2 Å². The zero-order valence-corrected chi connectivity index (χ0v) is 21.5. The summed E-state index contributed by atoms with van der Waals surface area (Å²) in [6.45, 7) is 3.40. The molecule has 2 aromatic rings. The fourth-order valence-corrected chi connectivity index (χ4v) is 6.97. The minimum atomic E-state index is -0.644. The summed E-state index contributed by atoms with van der Waals surface area (Å²) in [5.74, 6) is 9.25. The van der Waals surface area contributed by atoms with Crippen LogP contribution in [0.4, 0.5) is 0 Å². The first-order valence-electron chi connectivity index (χ1n) is 13.1. The van der Waals surface area contributed by atoms with Gasteiger partial charge < -0.3 is 18.9 Å². The van der Waals surface area contributed by atoms with Gasteiger partial charge in [0.2, 0.25) is 0 Å². The van der Waals surface area contributed by atoms with Crippen molar-refractivity contribution < 1.29 is 23.7 Å². The summed E-state index contributed by atoms with van der Waals surface area (Å²) in [4.78, 5) is 12.0. The van der Waals surface area contributed by atoms with E-state index in [1.807, 2.05) is 49.4 Å². The van der Waals surface area contributed by atoms with Crippen LogP contribution < -0.4 is 4.74 Å². The number of ether oxygens (including phenoxy) is 4. The summed E-state index contributed by atoms with van der Waals surface area (Å²) in [6, 6.07) is 15.9. The normalized spacial score (nSPS) is 27.6. The summed E-state index contributed by atoms with van der Waals surface area (Å²) in [5, 5.41) is 0. The highest BCUT2D eigenvalue weighted by Crippen LogP contribution is 2.62. The molecule has 0 radical (unpaired) electrons. The van der Waals surface area contributed by atoms with E-state index in [-0.39, 0.29) is 24.5 Å². The van der Waals surface area contributed by atoms with E-state index in [4.69, 9.17) is 18.9 Å². The minimum Gasteiger partial charge on any atom is -0.467 e. The number of esters is 1. The first-order valence-corrected chi connectivity index (χ1v) is 13.1. The van der Waals surface area contributed by atoms with Crippen LogP contribution in [0.15, 0.2) is 48.5 Å². The van der Waals surface area contributed by atoms with E-state index >= 15 is 0 Å². The Labute approximate surface area is 214 Å². The molecule has 4 saturated carbocycles. The van der Waals surface area contributed by atoms with Gasteiger partial charge in [0.1, 0.15) is 5.75 Å². The molecular formula is C31H36O5. The number of hydrogen-bond donors (Lipinski definition) is 0. The average molecular weight is 489 g/mol. The standard InChI is InChI=1S/C31H36O5/c1-21(32)36-29(11-9-23-7-5-4-6-8-23)27-10-12-30(35-20-34-22(2)33-3)28(16-27)31-17-24-13-25(18-31)15-26(14-24)19-31/h4-8,10,12,16,22,24-26,29H,13-15,17-20H2,1-3H3. The van der Waals surface area contributed by atoms with Crippen LogP contribution in [-0.2, 0) is 24.4 Å². The molecule has 36 heavy (non-hydrogen) atoms. The fraction of sp³-hybridized carbons (Fsp3) is 0.516. The summed E-state index contributed by atoms with van der Waals surface area (Å²) in [7, 11) is 1.62. The molecule has 5 nitrogen and oxygen atoms in total. The highest BCUT2D eigenvalue weighted by molar-refractivity contribution is 5.67. The van der Waals surface area contributed by atoms with Crippen molar-refractivity contribution >= 4 is 5.97 Å². The lowest BCUT2D eigenvalue weighted by atomic mass is 9.48. The zero-order valence-electron chi connectivity index (χ0n) is 21.5. The number of carbonyl (C=O) groups is 1. The Morgan fingerprint density at radius 3 is 2.31 bits per heavy atom. The van der Waals surface area contributed by atoms with Gasteiger partial charge in [-0.25, -0.2) is 0 Å². The Balaban J connectivity index is 1.50. The van der Waals surface area contributed by atoms with Crippen molar-refractivity contribution in [1.29, 1.82) is 0 Å². The second kappa shape index (κ2) is 10.7. The molecule has 0 aromatic heterocycles. The van der Waals surface area contributed by atoms with Gasteiger partial charge in [0.25, 0.3) is 0 Å². The van der Waals surface area contributed by atoms with Crippen molar-refractivity contribution in [1.82, 2.24) is 0 Å². The van der Waals surface area contributed by atoms with Gasteiger partial charge in [-0.15, -0.1) is 0 Å². The molecule has 0 amide bonds. The van der Waals surface area contributed by atoms with Crippen LogP contribution in [0.25, 0.3) is 0 Å². The molecule has 190 valence electrons. The van der Waals surface area contributed by atoms with Crippen molar-refractivity contribution in [3.63, 3.8) is 0 Å². The van der Waals surface area contributed by atoms with Gasteiger partial charge in [-0.1, -0.05) is 30.2 Å². The predicted octanol–water partition coefficient (Wildman–Crippen LogP) is 6.16. The van der Waals surface area contributed by atoms with E-state index in [2.05, 4.69) is 17.9 Å². The van der Waals surface area contributed by atoms with Crippen molar-refractivity contribution in [2.45, 2.75) is 70.2 Å². The summed E-state index contributed by atoms with van der Waals surface area (Å²) in [5.41, 5.74) is 3.09. The maximum atomic E-state index is 12.0. The summed E-state index contributed by atoms with van der Waals surface area (Å²) < 4.78 is 22.8. The van der Waals surface area contributed by atoms with Gasteiger partial charge in [0.05, 0.1) is 0 Å². The number of carbonyl (C=O) groups excluding carboxylic acids is 1. The van der Waals surface area contributed by atoms with Gasteiger partial charge in [-0.3, -0.25) is 4.79 Å². The molecule has 4 aliphatic rings. The van der Waals surface area contributed by atoms with Crippen LogP contribution in [0.3, 0.4) is 0 Å². The van der Waals surface area contributed by atoms with Crippen LogP contribution >= 0.6 is 0 Å². The van der Waals surface area contributed by atoms with Crippen LogP contribution in [0.1, 0.15) is 75.2 Å². The third kappa shape index (κ3) is 5.45. The molecule has 0 aliphatic heterocycles. The largest absolute Gasteiger partial charge is 0.467 e. The quantitative estimate of drug-likeness (QED) is 0.253. The maximum Gasteiger partial charge on any atom is 0.304 e. The average Bonchev–Trinajstić information content (AvgIpc) is 2.86. The van der Waals surface area contributed by atoms with Crippen LogP contribution in [-0.4, -0.2) is 26.2 Å². The van der Waals surface area contributed by atoms with Crippen molar-refractivity contribution in [3.8, 4) is 17.6 Å². The maximum absolute atomic E-state index is 12.0. The van der Waals surface area contributed by atoms with Crippen molar-refractivity contribution in [2.75, 3.05) is 13.9 Å². The Morgan fingerprint density at radius 1 is 1.03 bits per heavy atom. The molecule has 0 spiro atoms. The fourth-order valence-electron chi connectivity index (χ4n) is 6.97. The predicted molar refractivity (Wildman–Crippen MR) is 137 cm³/mol. The Morgan fingerprint density at radius 2 is 1.69 bits per heavy atom. The third-order valence-corrected chi connectivity index (χ3v) is 8.17. The van der Waals surface area contributed by atoms with Gasteiger partial charge in [-0.05, 0) is 98.8 Å². The topological polar surface area (TPSA) is 54.0 Å². The molecule has 6 rings (SSSR count). The van der Waals surface area contributed by atoms with E-state index in [9.17, 15) is 4.79 Å². The van der Waals surface area contributed by atoms with Crippen LogP contribution in [0, 0.1) is 29.6 Å². The molecule has 4 bridgehead atoms. The minimum absolute atomic E-state index is 0.0978. The van der Waals surface area contributed by atoms with Crippen LogP contribution in [0.5, 0.6) is 5.75 Å². The summed E-state index contributed by atoms with van der Waals surface area (Å²) >= 11 is 0. The van der Waals surface area contributed by atoms with E-state index in [0.717, 1.165) is 34.6 Å². The second-order valence-corrected chi connectivity index (χ2v) is 10.8. The molecule has 0 saturated heterocycles. The van der Waals surface area contributed by atoms with E-state index in [1.165, 1.54) is 51.0 Å². The summed E-state index contributed by atoms with van der Waals surface area (Å²) in [6.07, 6.45) is 6.70. The molecule has 2 aromatic carbocycles. The lowest BCUT2D eigenvalue weighted by molar-refractivity contribution is -0.150. The molecule has 4 fully saturated rings. The molecule has 4 aliphatic carbocycles. The second-order valence-electron chi connectivity index (χ2n) is 10.8. The Bertz CT molecular complexity index is 1090. The third-order valence-electron chi connectivity index (χ3n) is 8.17. The van der Waals surface area contributed by atoms with Gasteiger partial charge in [-0.2, -0.15) is 0 Å². The molecular weight excluding hydrogens is 452 g/mol. The monoisotopic (exact) mass is 488 g/mol. The van der Waals surface area contributed by atoms with Gasteiger partial charge in [0.15, 0.2) is 19.2 Å². The van der Waals surface area contributed by atoms with E-state index in [0.29, 0.717) is 0 Å². The SMILES string of the molecule is COC(C)OCOc1ccc(C(C#Cc2ccccc2)OC(C)=O)cc1C12CC3CC(CC(C3)C1)C2. The van der Waals surface area contributed by atoms with Crippen molar-refractivity contribution in [2.24, 2.45) is 17.8 Å². The molecule has 2 unspecified atom stereocenters. The molecule has 2 atom stereocenters. The highest BCUT2D eigenvalue weighted by atomic mass is 16.7. The Kier molecular flexibility index (Phi) is 7.37. The van der Waals surface area contributed by atoms with E-state index < -0.39 is 6.10 Å². The zero-order chi connectivity index (χ0) is 25.1. The smallest absolute Gasteiger partial charge is 0.304 e. The highest BCUT2D eigenvalue weighted by Gasteiger charge is 2.52. The van der Waals surface area contributed by atoms with Gasteiger partial charge in [0, 0.05) is 30.7 Å². The first kappa shape index (κ1) is 24.9. The number of hydrogen-bond acceptors (Lipinski definition) is 5. The number of methoxy groups -OCH3 is 1. The van der Waals surface area contributed by atoms with E-state index in [1.54, 1.807) is 7.11 Å². The number of benzene rings is 2.